The largest absolute Gasteiger partial charge is 0.463 e. The molecule has 0 aromatic heterocycles. The SMILES string of the molecule is C=C1OC2=C[C@@H](C)[C@H]3[C@@H]([C@H](O)[C@H]4[C@@H]5[C@@H](O)C(=O)[C@H]6C[C@@H]7O[C@@H]7[C@H](O)[C@]6(C)[C@H]5C[C@H](OC(C)=O)[C@]34C)[C@@]2(C)[C@]1(C)O. The maximum atomic E-state index is 13.9. The van der Waals surface area contributed by atoms with Crippen LogP contribution in [0, 0.1) is 57.7 Å². The van der Waals surface area contributed by atoms with Crippen LogP contribution in [0.1, 0.15) is 54.4 Å². The minimum atomic E-state index is -1.49. The van der Waals surface area contributed by atoms with Crippen LogP contribution in [0.5, 0.6) is 0 Å². The monoisotopic (exact) mass is 558 g/mol. The Morgan fingerprint density at radius 1 is 1.07 bits per heavy atom. The van der Waals surface area contributed by atoms with Crippen LogP contribution in [0.25, 0.3) is 0 Å². The van der Waals surface area contributed by atoms with Gasteiger partial charge in [-0.1, -0.05) is 27.4 Å². The first-order valence-corrected chi connectivity index (χ1v) is 14.8. The average Bonchev–Trinajstić information content (AvgIpc) is 3.57. The van der Waals surface area contributed by atoms with Gasteiger partial charge in [0.2, 0.25) is 0 Å². The molecule has 2 heterocycles. The van der Waals surface area contributed by atoms with E-state index in [1.54, 1.807) is 6.92 Å². The van der Waals surface area contributed by atoms with Crippen molar-refractivity contribution in [3.05, 3.63) is 24.2 Å². The number of allylic oxidation sites excluding steroid dienone is 1. The summed E-state index contributed by atoms with van der Waals surface area (Å²) in [5, 5.41) is 47.6. The standard InChI is InChI=1S/C31H42O9/c1-11-8-18-30(6,31(7,37)12(2)38-18)22-20(11)29(5)17(39-13(3)32)10-14-19(21(29)25(22)35)24(34)23(33)15-9-16-26(40-16)27(36)28(14,15)4/h8,11,14-17,19-22,24-27,34-37H,2,9-10H2,1,3-7H3/t11-,14+,15-,16+,17+,19-,20+,21-,22+,24-,25-,26+,27+,28-,29-,30+,31-/m1/s1. The molecule has 0 unspecified atom stereocenters. The van der Waals surface area contributed by atoms with Crippen molar-refractivity contribution < 1.29 is 44.2 Å². The number of aliphatic hydroxyl groups is 4. The Kier molecular flexibility index (Phi) is 5.27. The number of epoxide rings is 1. The van der Waals surface area contributed by atoms with Gasteiger partial charge < -0.3 is 34.6 Å². The first-order chi connectivity index (χ1) is 18.5. The van der Waals surface area contributed by atoms with Crippen molar-refractivity contribution in [3.63, 3.8) is 0 Å². The fourth-order valence-corrected chi connectivity index (χ4v) is 11.3. The van der Waals surface area contributed by atoms with Crippen LogP contribution in [-0.2, 0) is 23.8 Å². The molecule has 0 aromatic carbocycles. The van der Waals surface area contributed by atoms with Crippen LogP contribution in [0.15, 0.2) is 24.2 Å². The van der Waals surface area contributed by atoms with Crippen LogP contribution in [0.4, 0.5) is 0 Å². The van der Waals surface area contributed by atoms with E-state index in [2.05, 4.69) is 6.58 Å². The molecule has 5 aliphatic carbocycles. The van der Waals surface area contributed by atoms with E-state index in [0.717, 1.165) is 0 Å². The summed E-state index contributed by atoms with van der Waals surface area (Å²) < 4.78 is 17.9. The van der Waals surface area contributed by atoms with Crippen molar-refractivity contribution in [2.75, 3.05) is 0 Å². The maximum absolute atomic E-state index is 13.9. The van der Waals surface area contributed by atoms with Crippen molar-refractivity contribution in [2.45, 2.75) is 96.6 Å². The van der Waals surface area contributed by atoms with Crippen LogP contribution >= 0.6 is 0 Å². The van der Waals surface area contributed by atoms with E-state index < -0.39 is 81.8 Å². The van der Waals surface area contributed by atoms with Crippen molar-refractivity contribution in [2.24, 2.45) is 57.7 Å². The lowest BCUT2D eigenvalue weighted by Gasteiger charge is -2.63. The zero-order chi connectivity index (χ0) is 29.1. The van der Waals surface area contributed by atoms with Gasteiger partial charge in [0.05, 0.1) is 23.7 Å². The lowest BCUT2D eigenvalue weighted by atomic mass is 9.42. The van der Waals surface area contributed by atoms with Gasteiger partial charge in [0.1, 0.15) is 35.4 Å². The zero-order valence-corrected chi connectivity index (χ0v) is 24.0. The van der Waals surface area contributed by atoms with Gasteiger partial charge in [-0.05, 0) is 50.5 Å². The molecule has 9 heteroatoms. The van der Waals surface area contributed by atoms with E-state index in [0.29, 0.717) is 18.6 Å². The molecule has 7 rings (SSSR count). The topological polar surface area (TPSA) is 146 Å². The number of ketones is 1. The Morgan fingerprint density at radius 3 is 2.40 bits per heavy atom. The number of fused-ring (bicyclic) bond motifs is 10. The molecule has 4 N–H and O–H groups in total. The number of rotatable bonds is 1. The van der Waals surface area contributed by atoms with E-state index in [9.17, 15) is 30.0 Å². The van der Waals surface area contributed by atoms with Crippen molar-refractivity contribution in [3.8, 4) is 0 Å². The molecule has 0 spiro atoms. The Morgan fingerprint density at radius 2 is 1.75 bits per heavy atom. The van der Waals surface area contributed by atoms with Gasteiger partial charge in [-0.25, -0.2) is 0 Å². The summed E-state index contributed by atoms with van der Waals surface area (Å²) in [5.41, 5.74) is -4.28. The smallest absolute Gasteiger partial charge is 0.302 e. The Labute approximate surface area is 234 Å². The van der Waals surface area contributed by atoms with Gasteiger partial charge in [0, 0.05) is 41.4 Å². The second-order valence-electron chi connectivity index (χ2n) is 14.7. The van der Waals surface area contributed by atoms with Gasteiger partial charge in [0.15, 0.2) is 5.78 Å². The summed E-state index contributed by atoms with van der Waals surface area (Å²) in [4.78, 5) is 26.5. The van der Waals surface area contributed by atoms with E-state index in [1.807, 2.05) is 33.8 Å². The fraction of sp³-hybridized carbons (Fsp3) is 0.806. The predicted molar refractivity (Wildman–Crippen MR) is 140 cm³/mol. The molecular formula is C31H42O9. The van der Waals surface area contributed by atoms with Gasteiger partial charge in [-0.15, -0.1) is 0 Å². The third-order valence-corrected chi connectivity index (χ3v) is 13.4. The number of Topliss-reactive ketones (excluding diaryl/α,β-unsaturated/α-hetero) is 1. The van der Waals surface area contributed by atoms with E-state index in [1.165, 1.54) is 6.92 Å². The van der Waals surface area contributed by atoms with Gasteiger partial charge in [0.25, 0.3) is 0 Å². The molecule has 220 valence electrons. The molecule has 40 heavy (non-hydrogen) atoms. The molecular weight excluding hydrogens is 516 g/mol. The second-order valence-corrected chi connectivity index (χ2v) is 14.7. The van der Waals surface area contributed by atoms with E-state index >= 15 is 0 Å². The van der Waals surface area contributed by atoms with Crippen LogP contribution in [0.3, 0.4) is 0 Å². The summed E-state index contributed by atoms with van der Waals surface area (Å²) in [5.74, 6) is -3.25. The van der Waals surface area contributed by atoms with E-state index in [-0.39, 0.29) is 35.6 Å². The number of hydrogen-bond acceptors (Lipinski definition) is 9. The van der Waals surface area contributed by atoms with Crippen molar-refractivity contribution in [1.82, 2.24) is 0 Å². The maximum Gasteiger partial charge on any atom is 0.302 e. The number of carbonyl (C=O) groups is 2. The van der Waals surface area contributed by atoms with E-state index in [4.69, 9.17) is 14.2 Å². The lowest BCUT2D eigenvalue weighted by Crippen LogP contribution is -2.69. The molecule has 2 aliphatic heterocycles. The third-order valence-electron chi connectivity index (χ3n) is 13.4. The van der Waals surface area contributed by atoms with Crippen molar-refractivity contribution >= 4 is 11.8 Å². The molecule has 6 fully saturated rings. The molecule has 0 radical (unpaired) electrons. The molecule has 9 nitrogen and oxygen atoms in total. The highest BCUT2D eigenvalue weighted by atomic mass is 16.6. The highest BCUT2D eigenvalue weighted by Gasteiger charge is 2.79. The number of aliphatic hydroxyl groups excluding tert-OH is 3. The Hall–Kier alpha value is -1.78. The Bertz CT molecular complexity index is 1240. The zero-order valence-electron chi connectivity index (χ0n) is 24.0. The molecule has 0 aromatic rings. The highest BCUT2D eigenvalue weighted by molar-refractivity contribution is 5.88. The molecule has 7 aliphatic rings. The average molecular weight is 559 g/mol. The summed E-state index contributed by atoms with van der Waals surface area (Å²) in [6.07, 6.45) is -1.74. The second kappa shape index (κ2) is 7.78. The number of ether oxygens (including phenoxy) is 3. The summed E-state index contributed by atoms with van der Waals surface area (Å²) in [6, 6.07) is 0. The normalized spacial score (nSPS) is 61.1. The summed E-state index contributed by atoms with van der Waals surface area (Å²) >= 11 is 0. The van der Waals surface area contributed by atoms with Crippen molar-refractivity contribution in [1.29, 1.82) is 0 Å². The number of esters is 1. The summed E-state index contributed by atoms with van der Waals surface area (Å²) in [7, 11) is 0. The fourth-order valence-electron chi connectivity index (χ4n) is 11.3. The number of carbonyl (C=O) groups excluding carboxylic acids is 2. The third kappa shape index (κ3) is 2.78. The lowest BCUT2D eigenvalue weighted by molar-refractivity contribution is -0.229. The Balaban J connectivity index is 1.42. The number of hydrogen-bond donors (Lipinski definition) is 4. The van der Waals surface area contributed by atoms with Crippen LogP contribution in [0.2, 0.25) is 0 Å². The van der Waals surface area contributed by atoms with Gasteiger partial charge in [-0.2, -0.15) is 0 Å². The van der Waals surface area contributed by atoms with Crippen LogP contribution < -0.4 is 0 Å². The molecule has 17 atom stereocenters. The minimum absolute atomic E-state index is 0.130. The first-order valence-electron chi connectivity index (χ1n) is 14.8. The first kappa shape index (κ1) is 27.1. The highest BCUT2D eigenvalue weighted by Crippen LogP contribution is 2.75. The van der Waals surface area contributed by atoms with Gasteiger partial charge in [-0.3, -0.25) is 9.59 Å². The summed E-state index contributed by atoms with van der Waals surface area (Å²) in [6.45, 7) is 14.8. The molecule has 2 saturated heterocycles. The quantitative estimate of drug-likeness (QED) is 0.279. The molecule has 0 amide bonds. The van der Waals surface area contributed by atoms with Gasteiger partial charge >= 0.3 is 5.97 Å². The van der Waals surface area contributed by atoms with Crippen LogP contribution in [-0.4, -0.2) is 74.4 Å². The minimum Gasteiger partial charge on any atom is -0.463 e. The predicted octanol–water partition coefficient (Wildman–Crippen LogP) is 1.72. The molecule has 4 saturated carbocycles. The molecule has 0 bridgehead atoms.